The molecular formula is C14H28N2O3. The highest BCUT2D eigenvalue weighted by Crippen LogP contribution is 2.08. The largest absolute Gasteiger partial charge is 0.464 e. The van der Waals surface area contributed by atoms with Gasteiger partial charge in [0.05, 0.1) is 6.61 Å². The smallest absolute Gasteiger partial charge is 0.332 e. The number of carbonyl (C=O) groups excluding carboxylic acids is 2. The van der Waals surface area contributed by atoms with E-state index in [1.54, 1.807) is 6.92 Å². The van der Waals surface area contributed by atoms with Crippen LogP contribution in [0.3, 0.4) is 0 Å². The molecule has 1 unspecified atom stereocenters. The van der Waals surface area contributed by atoms with Crippen molar-refractivity contribution in [3.05, 3.63) is 0 Å². The van der Waals surface area contributed by atoms with E-state index in [1.807, 2.05) is 0 Å². The number of unbranched alkanes of at least 4 members (excludes halogenated alkanes) is 3. The van der Waals surface area contributed by atoms with Gasteiger partial charge in [-0.05, 0) is 19.3 Å². The van der Waals surface area contributed by atoms with Crippen LogP contribution < -0.4 is 11.1 Å². The summed E-state index contributed by atoms with van der Waals surface area (Å²) in [4.78, 5) is 22.7. The van der Waals surface area contributed by atoms with Crippen molar-refractivity contribution in [1.82, 2.24) is 5.32 Å². The second kappa shape index (κ2) is 10.8. The zero-order valence-corrected chi connectivity index (χ0v) is 12.4. The standard InChI is InChI=1S/C14H28N2O3/c1-4-19-14(18)12(15)13(17)16-10-8-6-5-7-9-11(2)3/h11-12H,4-10,15H2,1-3H3,(H,16,17). The second-order valence-corrected chi connectivity index (χ2v) is 5.12. The first-order valence-corrected chi connectivity index (χ1v) is 7.19. The lowest BCUT2D eigenvalue weighted by Crippen LogP contribution is -2.47. The molecular weight excluding hydrogens is 244 g/mol. The molecule has 0 aliphatic heterocycles. The first kappa shape index (κ1) is 17.9. The average Bonchev–Trinajstić information content (AvgIpc) is 2.36. The molecule has 0 radical (unpaired) electrons. The Balaban J connectivity index is 3.55. The minimum Gasteiger partial charge on any atom is -0.464 e. The fourth-order valence-electron chi connectivity index (χ4n) is 1.69. The Bertz CT molecular complexity index is 267. The van der Waals surface area contributed by atoms with Crippen LogP contribution >= 0.6 is 0 Å². The summed E-state index contributed by atoms with van der Waals surface area (Å²) in [5.74, 6) is -0.375. The third kappa shape index (κ3) is 9.47. The molecule has 0 saturated heterocycles. The van der Waals surface area contributed by atoms with Crippen molar-refractivity contribution in [2.75, 3.05) is 13.2 Å². The van der Waals surface area contributed by atoms with Crippen molar-refractivity contribution in [2.45, 2.75) is 58.9 Å². The summed E-state index contributed by atoms with van der Waals surface area (Å²) in [7, 11) is 0. The predicted molar refractivity (Wildman–Crippen MR) is 75.5 cm³/mol. The van der Waals surface area contributed by atoms with E-state index in [4.69, 9.17) is 5.73 Å². The zero-order chi connectivity index (χ0) is 14.7. The number of amides is 1. The maximum absolute atomic E-state index is 11.5. The van der Waals surface area contributed by atoms with Gasteiger partial charge < -0.3 is 15.8 Å². The molecule has 0 spiro atoms. The molecule has 0 aromatic rings. The SMILES string of the molecule is CCOC(=O)C(N)C(=O)NCCCCCCC(C)C. The molecule has 0 aromatic heterocycles. The highest BCUT2D eigenvalue weighted by Gasteiger charge is 2.22. The monoisotopic (exact) mass is 272 g/mol. The van der Waals surface area contributed by atoms with E-state index in [9.17, 15) is 9.59 Å². The zero-order valence-electron chi connectivity index (χ0n) is 12.4. The van der Waals surface area contributed by atoms with Gasteiger partial charge in [0.1, 0.15) is 0 Å². The molecule has 0 heterocycles. The summed E-state index contributed by atoms with van der Waals surface area (Å²) >= 11 is 0. The lowest BCUT2D eigenvalue weighted by atomic mass is 10.0. The molecule has 112 valence electrons. The number of nitrogens with one attached hydrogen (secondary N) is 1. The molecule has 0 fully saturated rings. The number of carbonyl (C=O) groups is 2. The predicted octanol–water partition coefficient (Wildman–Crippen LogP) is 1.60. The van der Waals surface area contributed by atoms with Gasteiger partial charge in [-0.15, -0.1) is 0 Å². The van der Waals surface area contributed by atoms with Crippen molar-refractivity contribution in [3.63, 3.8) is 0 Å². The molecule has 5 nitrogen and oxygen atoms in total. The van der Waals surface area contributed by atoms with Crippen LogP contribution in [0, 0.1) is 5.92 Å². The Morgan fingerprint density at radius 3 is 2.37 bits per heavy atom. The Hall–Kier alpha value is -1.10. The Morgan fingerprint density at radius 1 is 1.16 bits per heavy atom. The Morgan fingerprint density at radius 2 is 1.79 bits per heavy atom. The summed E-state index contributed by atoms with van der Waals surface area (Å²) in [6, 6.07) is -1.21. The molecule has 1 amide bonds. The van der Waals surface area contributed by atoms with Crippen LogP contribution in [-0.4, -0.2) is 31.1 Å². The maximum Gasteiger partial charge on any atom is 0.332 e. The van der Waals surface area contributed by atoms with Crippen molar-refractivity contribution in [2.24, 2.45) is 11.7 Å². The average molecular weight is 272 g/mol. The minimum absolute atomic E-state index is 0.232. The van der Waals surface area contributed by atoms with Crippen LogP contribution in [0.15, 0.2) is 0 Å². The quantitative estimate of drug-likeness (QED) is 0.359. The van der Waals surface area contributed by atoms with E-state index in [0.29, 0.717) is 6.54 Å². The van der Waals surface area contributed by atoms with Gasteiger partial charge in [0.25, 0.3) is 0 Å². The van der Waals surface area contributed by atoms with Crippen LogP contribution in [-0.2, 0) is 14.3 Å². The molecule has 19 heavy (non-hydrogen) atoms. The van der Waals surface area contributed by atoms with Crippen LogP contribution in [0.1, 0.15) is 52.9 Å². The van der Waals surface area contributed by atoms with Crippen molar-refractivity contribution >= 4 is 11.9 Å². The molecule has 0 saturated carbocycles. The molecule has 0 rings (SSSR count). The van der Waals surface area contributed by atoms with E-state index in [1.165, 1.54) is 19.3 Å². The fourth-order valence-corrected chi connectivity index (χ4v) is 1.69. The van der Waals surface area contributed by atoms with E-state index in [-0.39, 0.29) is 6.61 Å². The maximum atomic E-state index is 11.5. The lowest BCUT2D eigenvalue weighted by Gasteiger charge is -2.11. The summed E-state index contributed by atoms with van der Waals surface area (Å²) in [5, 5.41) is 2.66. The number of esters is 1. The second-order valence-electron chi connectivity index (χ2n) is 5.12. The Kier molecular flexibility index (Phi) is 10.2. The van der Waals surface area contributed by atoms with Gasteiger partial charge >= 0.3 is 5.97 Å². The topological polar surface area (TPSA) is 81.4 Å². The van der Waals surface area contributed by atoms with E-state index < -0.39 is 17.9 Å². The number of ether oxygens (including phenoxy) is 1. The minimum atomic E-state index is -1.21. The van der Waals surface area contributed by atoms with Gasteiger partial charge in [0.15, 0.2) is 6.04 Å². The van der Waals surface area contributed by atoms with Crippen molar-refractivity contribution in [1.29, 1.82) is 0 Å². The van der Waals surface area contributed by atoms with Gasteiger partial charge in [0, 0.05) is 6.54 Å². The van der Waals surface area contributed by atoms with Gasteiger partial charge in [-0.2, -0.15) is 0 Å². The van der Waals surface area contributed by atoms with Crippen LogP contribution in [0.5, 0.6) is 0 Å². The Labute approximate surface area is 116 Å². The van der Waals surface area contributed by atoms with Gasteiger partial charge in [-0.1, -0.05) is 39.5 Å². The molecule has 3 N–H and O–H groups in total. The highest BCUT2D eigenvalue weighted by atomic mass is 16.5. The molecule has 0 aliphatic carbocycles. The van der Waals surface area contributed by atoms with Crippen molar-refractivity contribution in [3.8, 4) is 0 Å². The molecule has 1 atom stereocenters. The van der Waals surface area contributed by atoms with E-state index >= 15 is 0 Å². The van der Waals surface area contributed by atoms with Gasteiger partial charge in [-0.25, -0.2) is 4.79 Å². The van der Waals surface area contributed by atoms with E-state index in [2.05, 4.69) is 23.9 Å². The summed E-state index contributed by atoms with van der Waals surface area (Å²) in [6.07, 6.45) is 5.66. The number of nitrogens with two attached hydrogens (primary N) is 1. The third-order valence-electron chi connectivity index (χ3n) is 2.83. The van der Waals surface area contributed by atoms with E-state index in [0.717, 1.165) is 18.8 Å². The molecule has 5 heteroatoms. The van der Waals surface area contributed by atoms with Crippen LogP contribution in [0.2, 0.25) is 0 Å². The van der Waals surface area contributed by atoms with Crippen LogP contribution in [0.25, 0.3) is 0 Å². The normalized spacial score (nSPS) is 12.3. The number of rotatable bonds is 10. The van der Waals surface area contributed by atoms with Gasteiger partial charge in [-0.3, -0.25) is 4.79 Å². The van der Waals surface area contributed by atoms with Crippen molar-refractivity contribution < 1.29 is 14.3 Å². The number of hydrogen-bond donors (Lipinski definition) is 2. The van der Waals surface area contributed by atoms with Crippen LogP contribution in [0.4, 0.5) is 0 Å². The third-order valence-corrected chi connectivity index (χ3v) is 2.83. The molecule has 0 aliphatic rings. The first-order valence-electron chi connectivity index (χ1n) is 7.19. The number of hydrogen-bond acceptors (Lipinski definition) is 4. The van der Waals surface area contributed by atoms with Gasteiger partial charge in [0.2, 0.25) is 5.91 Å². The summed E-state index contributed by atoms with van der Waals surface area (Å²) in [6.45, 7) is 6.91. The highest BCUT2D eigenvalue weighted by molar-refractivity contribution is 6.01. The molecule has 0 aromatic carbocycles. The summed E-state index contributed by atoms with van der Waals surface area (Å²) < 4.78 is 4.68. The lowest BCUT2D eigenvalue weighted by molar-refractivity contribution is -0.147. The molecule has 0 bridgehead atoms. The fraction of sp³-hybridized carbons (Fsp3) is 0.857. The summed E-state index contributed by atoms with van der Waals surface area (Å²) in [5.41, 5.74) is 5.46. The first-order chi connectivity index (χ1) is 8.99.